The lowest BCUT2D eigenvalue weighted by Crippen LogP contribution is -2.32. The zero-order valence-corrected chi connectivity index (χ0v) is 23.4. The van der Waals surface area contributed by atoms with Gasteiger partial charge in [0, 0.05) is 40.9 Å². The normalized spacial score (nSPS) is 21.4. The highest BCUT2D eigenvalue weighted by Crippen LogP contribution is 2.37. The predicted octanol–water partition coefficient (Wildman–Crippen LogP) is 3.73. The van der Waals surface area contributed by atoms with Crippen molar-refractivity contribution < 1.29 is 27.7 Å². The van der Waals surface area contributed by atoms with Gasteiger partial charge in [0.15, 0.2) is 16.1 Å². The Morgan fingerprint density at radius 2 is 2.05 bits per heavy atom. The molecule has 1 aliphatic carbocycles. The summed E-state index contributed by atoms with van der Waals surface area (Å²) in [6, 6.07) is 5.67. The van der Waals surface area contributed by atoms with Crippen LogP contribution in [-0.4, -0.2) is 67.1 Å². The first-order valence-corrected chi connectivity index (χ1v) is 14.9. The summed E-state index contributed by atoms with van der Waals surface area (Å²) in [7, 11) is -1.69. The van der Waals surface area contributed by atoms with E-state index in [-0.39, 0.29) is 17.8 Å². The molecule has 2 aliphatic rings. The van der Waals surface area contributed by atoms with Crippen LogP contribution in [0.25, 0.3) is 10.9 Å². The van der Waals surface area contributed by atoms with E-state index in [1.165, 1.54) is 6.26 Å². The highest BCUT2D eigenvalue weighted by Gasteiger charge is 2.28. The van der Waals surface area contributed by atoms with E-state index in [0.29, 0.717) is 41.5 Å². The molecule has 2 heterocycles. The fourth-order valence-electron chi connectivity index (χ4n) is 4.40. The van der Waals surface area contributed by atoms with Crippen molar-refractivity contribution in [1.82, 2.24) is 4.98 Å². The molecule has 0 spiro atoms. The molecule has 0 saturated carbocycles. The average molecular weight is 550 g/mol. The van der Waals surface area contributed by atoms with E-state index >= 15 is 0 Å². The number of hydrogen-bond acceptors (Lipinski definition) is 9. The molecule has 0 radical (unpaired) electrons. The molecule has 0 amide bonds. The van der Waals surface area contributed by atoms with E-state index in [1.54, 1.807) is 37.1 Å². The Hall–Kier alpha value is -2.31. The van der Waals surface area contributed by atoms with Gasteiger partial charge in [-0.3, -0.25) is 10.7 Å². The maximum Gasteiger partial charge on any atom is 0.171 e. The van der Waals surface area contributed by atoms with Gasteiger partial charge in [-0.2, -0.15) is 0 Å². The second kappa shape index (κ2) is 10.8. The first-order valence-electron chi connectivity index (χ1n) is 12.1. The van der Waals surface area contributed by atoms with Gasteiger partial charge in [-0.25, -0.2) is 8.42 Å². The fourth-order valence-corrected chi connectivity index (χ4v) is 6.61. The number of aromatic amines is 1. The number of nitrogens with two attached hydrogens (primary N) is 1. The van der Waals surface area contributed by atoms with E-state index in [9.17, 15) is 13.5 Å². The van der Waals surface area contributed by atoms with Crippen LogP contribution in [0.15, 0.2) is 46.0 Å². The van der Waals surface area contributed by atoms with E-state index in [2.05, 4.69) is 4.98 Å². The number of fused-ring (bicyclic) bond motifs is 1. The first-order chi connectivity index (χ1) is 17.3. The molecule has 1 aliphatic heterocycles. The third kappa shape index (κ3) is 6.97. The second-order valence-electron chi connectivity index (χ2n) is 10.3. The number of aliphatic hydroxyl groups is 1. The van der Waals surface area contributed by atoms with Crippen LogP contribution in [0.4, 0.5) is 0 Å². The number of methoxy groups -OCH3 is 1. The van der Waals surface area contributed by atoms with Gasteiger partial charge in [-0.15, -0.1) is 0 Å². The van der Waals surface area contributed by atoms with Crippen LogP contribution in [0.3, 0.4) is 0 Å². The van der Waals surface area contributed by atoms with Gasteiger partial charge in [0.2, 0.25) is 0 Å². The van der Waals surface area contributed by atoms with Crippen molar-refractivity contribution in [3.63, 3.8) is 0 Å². The number of allylic oxidation sites excluding steroid dienone is 4. The number of ether oxygens (including phenoxy) is 3. The van der Waals surface area contributed by atoms with E-state index in [1.807, 2.05) is 32.9 Å². The molecule has 37 heavy (non-hydrogen) atoms. The lowest BCUT2D eigenvalue weighted by Gasteiger charge is -2.22. The largest absolute Gasteiger partial charge is 0.471 e. The molecule has 9 nitrogen and oxygen atoms in total. The Morgan fingerprint density at radius 1 is 1.30 bits per heavy atom. The molecule has 11 heteroatoms. The molecular formula is C26H35N3O6S2. The Labute approximate surface area is 222 Å². The van der Waals surface area contributed by atoms with Crippen LogP contribution in [0.5, 0.6) is 11.5 Å². The van der Waals surface area contributed by atoms with Crippen LogP contribution in [0, 0.1) is 5.92 Å². The molecule has 1 aromatic carbocycles. The number of benzene rings is 1. The smallest absolute Gasteiger partial charge is 0.171 e. The monoisotopic (exact) mass is 549 g/mol. The van der Waals surface area contributed by atoms with Gasteiger partial charge in [0.25, 0.3) is 0 Å². The molecule has 3 unspecified atom stereocenters. The number of sulfone groups is 1. The number of nitrogens with zero attached hydrogens (tertiary/aromatic N) is 1. The number of H-pyrrole nitrogens is 1. The van der Waals surface area contributed by atoms with Crippen molar-refractivity contribution in [1.29, 1.82) is 0 Å². The maximum absolute atomic E-state index is 11.9. The standard InChI is InChI=1S/C26H35N3O6S2/c1-15-8-19(37(5,31)32)6-7-21(15)34-17-9-16-10-20(25-28-13-18(36-25)12-26(2,3)30)29-24(16)22(11-17)35-23(27)14-33-4/h6-7,9-11,15,18,23,29-30H,8,12-14,27H2,1-5H3. The van der Waals surface area contributed by atoms with Gasteiger partial charge in [-0.1, -0.05) is 18.7 Å². The summed E-state index contributed by atoms with van der Waals surface area (Å²) in [5.74, 6) is 1.62. The summed E-state index contributed by atoms with van der Waals surface area (Å²) < 4.78 is 41.2. The highest BCUT2D eigenvalue weighted by molar-refractivity contribution is 8.15. The number of rotatable bonds is 10. The van der Waals surface area contributed by atoms with Crippen LogP contribution in [0.1, 0.15) is 39.3 Å². The molecule has 0 bridgehead atoms. The minimum Gasteiger partial charge on any atom is -0.471 e. The summed E-state index contributed by atoms with van der Waals surface area (Å²) in [6.45, 7) is 6.41. The predicted molar refractivity (Wildman–Crippen MR) is 148 cm³/mol. The Morgan fingerprint density at radius 3 is 2.70 bits per heavy atom. The molecule has 2 aromatic rings. The second-order valence-corrected chi connectivity index (χ2v) is 13.6. The molecule has 0 fully saturated rings. The maximum atomic E-state index is 11.9. The third-order valence-corrected chi connectivity index (χ3v) is 8.56. The van der Waals surface area contributed by atoms with Gasteiger partial charge in [0.05, 0.1) is 30.0 Å². The molecule has 0 saturated heterocycles. The average Bonchev–Trinajstić information content (AvgIpc) is 3.40. The van der Waals surface area contributed by atoms with E-state index in [0.717, 1.165) is 21.6 Å². The molecule has 4 N–H and O–H groups in total. The number of thioether (sulfide) groups is 1. The molecular weight excluding hydrogens is 514 g/mol. The Balaban J connectivity index is 1.65. The van der Waals surface area contributed by atoms with Crippen molar-refractivity contribution in [2.45, 2.75) is 50.7 Å². The number of aliphatic imine (C=N–C) groups is 1. The number of hydrogen-bond donors (Lipinski definition) is 3. The summed E-state index contributed by atoms with van der Waals surface area (Å²) in [6.07, 6.45) is 4.87. The Kier molecular flexibility index (Phi) is 8.10. The zero-order valence-electron chi connectivity index (χ0n) is 21.8. The van der Waals surface area contributed by atoms with Gasteiger partial charge >= 0.3 is 0 Å². The lowest BCUT2D eigenvalue weighted by molar-refractivity contribution is 0.0714. The third-order valence-electron chi connectivity index (χ3n) is 6.09. The van der Waals surface area contributed by atoms with Gasteiger partial charge < -0.3 is 24.3 Å². The minimum atomic E-state index is -3.25. The Bertz CT molecular complexity index is 1350. The lowest BCUT2D eigenvalue weighted by atomic mass is 10.0. The zero-order chi connectivity index (χ0) is 27.0. The van der Waals surface area contributed by atoms with Crippen molar-refractivity contribution in [2.24, 2.45) is 16.6 Å². The van der Waals surface area contributed by atoms with Crippen LogP contribution < -0.4 is 15.2 Å². The summed E-state index contributed by atoms with van der Waals surface area (Å²) in [4.78, 5) is 8.51. The van der Waals surface area contributed by atoms with Crippen molar-refractivity contribution in [3.05, 3.63) is 46.7 Å². The summed E-state index contributed by atoms with van der Waals surface area (Å²) in [5.41, 5.74) is 6.95. The summed E-state index contributed by atoms with van der Waals surface area (Å²) in [5, 5.41) is 12.1. The number of nitrogens with one attached hydrogen (secondary N) is 1. The van der Waals surface area contributed by atoms with Crippen molar-refractivity contribution in [3.8, 4) is 11.5 Å². The minimum absolute atomic E-state index is 0.107. The molecule has 3 atom stereocenters. The van der Waals surface area contributed by atoms with Gasteiger partial charge in [-0.05, 0) is 51.0 Å². The molecule has 1 aromatic heterocycles. The van der Waals surface area contributed by atoms with Crippen molar-refractivity contribution in [2.75, 3.05) is 26.5 Å². The van der Waals surface area contributed by atoms with E-state index < -0.39 is 21.7 Å². The molecule has 202 valence electrons. The highest BCUT2D eigenvalue weighted by atomic mass is 32.2. The van der Waals surface area contributed by atoms with E-state index in [4.69, 9.17) is 24.9 Å². The molecule has 4 rings (SSSR count). The quantitative estimate of drug-likeness (QED) is 0.382. The first kappa shape index (κ1) is 27.7. The van der Waals surface area contributed by atoms with Crippen molar-refractivity contribution >= 4 is 37.5 Å². The van der Waals surface area contributed by atoms with Gasteiger partial charge in [0.1, 0.15) is 22.3 Å². The van der Waals surface area contributed by atoms with Crippen LogP contribution in [-0.2, 0) is 14.6 Å². The SMILES string of the molecule is COCC(N)Oc1cc(OC2=CC=C(S(C)(=O)=O)CC2C)cc2cc(C3=NCC(CC(C)(C)O)S3)[nH]c12. The summed E-state index contributed by atoms with van der Waals surface area (Å²) >= 11 is 1.65. The number of aromatic nitrogens is 1. The van der Waals surface area contributed by atoms with Crippen LogP contribution >= 0.6 is 11.8 Å². The van der Waals surface area contributed by atoms with Crippen LogP contribution in [0.2, 0.25) is 0 Å². The topological polar surface area (TPSA) is 136 Å². The fraction of sp³-hybridized carbons (Fsp3) is 0.500.